The van der Waals surface area contributed by atoms with Crippen molar-refractivity contribution in [2.75, 3.05) is 13.2 Å². The molecule has 0 saturated heterocycles. The quantitative estimate of drug-likeness (QED) is 0.666. The van der Waals surface area contributed by atoms with Gasteiger partial charge in [-0.2, -0.15) is 0 Å². The van der Waals surface area contributed by atoms with Gasteiger partial charge < -0.3 is 10.1 Å². The van der Waals surface area contributed by atoms with Crippen molar-refractivity contribution < 1.29 is 9.53 Å². The van der Waals surface area contributed by atoms with E-state index in [4.69, 9.17) is 4.74 Å². The van der Waals surface area contributed by atoms with E-state index >= 15 is 0 Å². The molecule has 0 bridgehead atoms. The highest BCUT2D eigenvalue weighted by Gasteiger charge is 2.02. The van der Waals surface area contributed by atoms with Gasteiger partial charge in [-0.1, -0.05) is 55.8 Å². The van der Waals surface area contributed by atoms with E-state index in [0.29, 0.717) is 19.6 Å². The maximum atomic E-state index is 11.8. The fourth-order valence-electron chi connectivity index (χ4n) is 2.54. The SMILES string of the molecule is CCCc1ccc(OCCCC(=O)NCCc2ccccc2)cc1. The predicted octanol–water partition coefficient (Wildman–Crippen LogP) is 4.16. The Balaban J connectivity index is 1.55. The molecule has 2 aromatic rings. The summed E-state index contributed by atoms with van der Waals surface area (Å²) in [7, 11) is 0. The van der Waals surface area contributed by atoms with Crippen LogP contribution in [-0.2, 0) is 17.6 Å². The number of benzene rings is 2. The molecule has 0 fully saturated rings. The molecule has 0 saturated carbocycles. The fraction of sp³-hybridized carbons (Fsp3) is 0.381. The molecule has 0 unspecified atom stereocenters. The number of aryl methyl sites for hydroxylation is 1. The minimum absolute atomic E-state index is 0.0906. The van der Waals surface area contributed by atoms with Gasteiger partial charge in [0.25, 0.3) is 0 Å². The van der Waals surface area contributed by atoms with Crippen LogP contribution in [0.15, 0.2) is 54.6 Å². The molecular formula is C21H27NO2. The first-order chi connectivity index (χ1) is 11.8. The molecule has 3 nitrogen and oxygen atoms in total. The van der Waals surface area contributed by atoms with Crippen molar-refractivity contribution in [1.29, 1.82) is 0 Å². The molecule has 3 heteroatoms. The molecule has 0 aromatic heterocycles. The molecule has 0 radical (unpaired) electrons. The van der Waals surface area contributed by atoms with Gasteiger partial charge in [0, 0.05) is 13.0 Å². The van der Waals surface area contributed by atoms with Crippen molar-refractivity contribution in [2.24, 2.45) is 0 Å². The number of carbonyl (C=O) groups excluding carboxylic acids is 1. The smallest absolute Gasteiger partial charge is 0.220 e. The minimum Gasteiger partial charge on any atom is -0.494 e. The van der Waals surface area contributed by atoms with Crippen LogP contribution in [0.4, 0.5) is 0 Å². The standard InChI is InChI=1S/C21H27NO2/c1-2-7-18-11-13-20(14-12-18)24-17-6-10-21(23)22-16-15-19-8-4-3-5-9-19/h3-5,8-9,11-14H,2,6-7,10,15-17H2,1H3,(H,22,23). The number of hydrogen-bond acceptors (Lipinski definition) is 2. The van der Waals surface area contributed by atoms with E-state index in [9.17, 15) is 4.79 Å². The van der Waals surface area contributed by atoms with Gasteiger partial charge in [-0.3, -0.25) is 4.79 Å². The normalized spacial score (nSPS) is 10.4. The Kier molecular flexibility index (Phi) is 7.88. The fourth-order valence-corrected chi connectivity index (χ4v) is 2.54. The van der Waals surface area contributed by atoms with E-state index in [1.54, 1.807) is 0 Å². The van der Waals surface area contributed by atoms with Crippen molar-refractivity contribution in [3.8, 4) is 5.75 Å². The largest absolute Gasteiger partial charge is 0.494 e. The highest BCUT2D eigenvalue weighted by molar-refractivity contribution is 5.75. The van der Waals surface area contributed by atoms with Crippen molar-refractivity contribution >= 4 is 5.91 Å². The molecule has 1 amide bonds. The third-order valence-corrected chi connectivity index (χ3v) is 3.86. The molecule has 0 aliphatic carbocycles. The number of nitrogens with one attached hydrogen (secondary N) is 1. The van der Waals surface area contributed by atoms with Gasteiger partial charge in [0.05, 0.1) is 6.61 Å². The maximum absolute atomic E-state index is 11.8. The van der Waals surface area contributed by atoms with Gasteiger partial charge in [0.2, 0.25) is 5.91 Å². The topological polar surface area (TPSA) is 38.3 Å². The van der Waals surface area contributed by atoms with E-state index in [2.05, 4.69) is 36.5 Å². The van der Waals surface area contributed by atoms with E-state index in [-0.39, 0.29) is 5.91 Å². The summed E-state index contributed by atoms with van der Waals surface area (Å²) in [6.07, 6.45) is 4.35. The Hall–Kier alpha value is -2.29. The lowest BCUT2D eigenvalue weighted by Crippen LogP contribution is -2.25. The molecule has 0 heterocycles. The Bertz CT molecular complexity index is 593. The van der Waals surface area contributed by atoms with Crippen molar-refractivity contribution in [3.63, 3.8) is 0 Å². The lowest BCUT2D eigenvalue weighted by molar-refractivity contribution is -0.121. The number of ether oxygens (including phenoxy) is 1. The first-order valence-electron chi connectivity index (χ1n) is 8.80. The summed E-state index contributed by atoms with van der Waals surface area (Å²) in [4.78, 5) is 11.8. The molecule has 2 aromatic carbocycles. The average molecular weight is 325 g/mol. The molecule has 1 N–H and O–H groups in total. The molecule has 24 heavy (non-hydrogen) atoms. The number of carbonyl (C=O) groups is 1. The highest BCUT2D eigenvalue weighted by atomic mass is 16.5. The predicted molar refractivity (Wildman–Crippen MR) is 98.3 cm³/mol. The zero-order valence-electron chi connectivity index (χ0n) is 14.5. The zero-order valence-corrected chi connectivity index (χ0v) is 14.5. The van der Waals surface area contributed by atoms with Crippen LogP contribution < -0.4 is 10.1 Å². The second-order valence-corrected chi connectivity index (χ2v) is 5.93. The van der Waals surface area contributed by atoms with Gasteiger partial charge in [-0.15, -0.1) is 0 Å². The van der Waals surface area contributed by atoms with Crippen LogP contribution in [0.1, 0.15) is 37.3 Å². The zero-order chi connectivity index (χ0) is 17.0. The Morgan fingerprint density at radius 1 is 0.958 bits per heavy atom. The lowest BCUT2D eigenvalue weighted by Gasteiger charge is -2.08. The van der Waals surface area contributed by atoms with Crippen LogP contribution in [0.3, 0.4) is 0 Å². The van der Waals surface area contributed by atoms with E-state index in [1.807, 2.05) is 30.3 Å². The van der Waals surface area contributed by atoms with Crippen LogP contribution in [0.5, 0.6) is 5.75 Å². The van der Waals surface area contributed by atoms with Gasteiger partial charge >= 0.3 is 0 Å². The molecule has 0 atom stereocenters. The molecule has 2 rings (SSSR count). The van der Waals surface area contributed by atoms with Crippen LogP contribution in [0, 0.1) is 0 Å². The van der Waals surface area contributed by atoms with E-state index in [1.165, 1.54) is 11.1 Å². The maximum Gasteiger partial charge on any atom is 0.220 e. The number of rotatable bonds is 10. The molecule has 0 aliphatic rings. The Morgan fingerprint density at radius 3 is 2.38 bits per heavy atom. The summed E-state index contributed by atoms with van der Waals surface area (Å²) in [6, 6.07) is 18.4. The molecule has 0 spiro atoms. The summed E-state index contributed by atoms with van der Waals surface area (Å²) < 4.78 is 5.68. The van der Waals surface area contributed by atoms with Crippen LogP contribution in [-0.4, -0.2) is 19.1 Å². The van der Waals surface area contributed by atoms with Crippen LogP contribution in [0.2, 0.25) is 0 Å². The summed E-state index contributed by atoms with van der Waals surface area (Å²) in [5.74, 6) is 0.965. The number of amides is 1. The Labute approximate surface area is 145 Å². The Morgan fingerprint density at radius 2 is 1.67 bits per heavy atom. The number of hydrogen-bond donors (Lipinski definition) is 1. The van der Waals surface area contributed by atoms with Crippen molar-refractivity contribution in [1.82, 2.24) is 5.32 Å². The van der Waals surface area contributed by atoms with Crippen LogP contribution in [0.25, 0.3) is 0 Å². The van der Waals surface area contributed by atoms with Gasteiger partial charge in [0.1, 0.15) is 5.75 Å². The third-order valence-electron chi connectivity index (χ3n) is 3.86. The van der Waals surface area contributed by atoms with Crippen LogP contribution >= 0.6 is 0 Å². The molecular weight excluding hydrogens is 298 g/mol. The first-order valence-corrected chi connectivity index (χ1v) is 8.80. The van der Waals surface area contributed by atoms with Gasteiger partial charge in [0.15, 0.2) is 0 Å². The van der Waals surface area contributed by atoms with E-state index < -0.39 is 0 Å². The monoisotopic (exact) mass is 325 g/mol. The highest BCUT2D eigenvalue weighted by Crippen LogP contribution is 2.13. The average Bonchev–Trinajstić information content (AvgIpc) is 2.61. The summed E-state index contributed by atoms with van der Waals surface area (Å²) in [6.45, 7) is 3.43. The third kappa shape index (κ3) is 6.86. The van der Waals surface area contributed by atoms with Crippen molar-refractivity contribution in [3.05, 3.63) is 65.7 Å². The van der Waals surface area contributed by atoms with Gasteiger partial charge in [-0.25, -0.2) is 0 Å². The molecule has 128 valence electrons. The summed E-state index contributed by atoms with van der Waals surface area (Å²) in [5, 5.41) is 2.96. The second kappa shape index (κ2) is 10.5. The van der Waals surface area contributed by atoms with Crippen molar-refractivity contribution in [2.45, 2.75) is 39.0 Å². The summed E-state index contributed by atoms with van der Waals surface area (Å²) >= 11 is 0. The van der Waals surface area contributed by atoms with Gasteiger partial charge in [-0.05, 0) is 42.5 Å². The minimum atomic E-state index is 0.0906. The lowest BCUT2D eigenvalue weighted by atomic mass is 10.1. The van der Waals surface area contributed by atoms with E-state index in [0.717, 1.165) is 31.4 Å². The summed E-state index contributed by atoms with van der Waals surface area (Å²) in [5.41, 5.74) is 2.58. The second-order valence-electron chi connectivity index (χ2n) is 5.93. The molecule has 0 aliphatic heterocycles. The first kappa shape index (κ1) is 18.1.